The highest BCUT2D eigenvalue weighted by Crippen LogP contribution is 2.34. The summed E-state index contributed by atoms with van der Waals surface area (Å²) >= 11 is 5.61. The molecule has 0 spiro atoms. The fourth-order valence-electron chi connectivity index (χ4n) is 1.63. The van der Waals surface area contributed by atoms with E-state index in [4.69, 9.17) is 16.3 Å². The minimum atomic E-state index is -0.184. The number of carbonyl (C=O) groups is 1. The average Bonchev–Trinajstić information content (AvgIpc) is 2.51. The first-order valence-corrected chi connectivity index (χ1v) is 5.54. The van der Waals surface area contributed by atoms with Gasteiger partial charge in [-0.3, -0.25) is 4.79 Å². The molecule has 1 aromatic rings. The Hall–Kier alpha value is -1.74. The van der Waals surface area contributed by atoms with Crippen molar-refractivity contribution in [1.82, 2.24) is 0 Å². The molecular weight excluding hydrogens is 240 g/mol. The Bertz CT molecular complexity index is 530. The summed E-state index contributed by atoms with van der Waals surface area (Å²) in [5, 5.41) is 9.98. The molecule has 1 N–H and O–H groups in total. The van der Waals surface area contributed by atoms with Gasteiger partial charge in [-0.05, 0) is 25.1 Å². The lowest BCUT2D eigenvalue weighted by atomic mass is 10.0. The minimum absolute atomic E-state index is 0.0536. The van der Waals surface area contributed by atoms with Crippen molar-refractivity contribution in [3.05, 3.63) is 40.4 Å². The van der Waals surface area contributed by atoms with Gasteiger partial charge in [0.1, 0.15) is 18.1 Å². The molecule has 0 atom stereocenters. The number of aromatic hydroxyl groups is 1. The summed E-state index contributed by atoms with van der Waals surface area (Å²) in [6.45, 7) is 1.75. The van der Waals surface area contributed by atoms with Crippen LogP contribution in [0.15, 0.2) is 29.3 Å². The average molecular weight is 251 g/mol. The number of benzene rings is 1. The number of hydrogen-bond donors (Lipinski definition) is 1. The Balaban J connectivity index is 2.55. The van der Waals surface area contributed by atoms with Gasteiger partial charge < -0.3 is 9.84 Å². The monoisotopic (exact) mass is 250 g/mol. The SMILES string of the molecule is CC(=O)c1ccc2c(c1O)C=C/C(=C\Cl)CO2. The Kier molecular flexibility index (Phi) is 3.20. The lowest BCUT2D eigenvalue weighted by molar-refractivity contribution is 0.101. The summed E-state index contributed by atoms with van der Waals surface area (Å²) in [6, 6.07) is 3.23. The van der Waals surface area contributed by atoms with Gasteiger partial charge in [0.2, 0.25) is 0 Å². The lowest BCUT2D eigenvalue weighted by Crippen LogP contribution is -2.00. The van der Waals surface area contributed by atoms with E-state index < -0.39 is 0 Å². The number of fused-ring (bicyclic) bond motifs is 1. The van der Waals surface area contributed by atoms with Gasteiger partial charge in [-0.15, -0.1) is 0 Å². The van der Waals surface area contributed by atoms with Crippen LogP contribution in [0.1, 0.15) is 22.8 Å². The molecule has 1 heterocycles. The van der Waals surface area contributed by atoms with Crippen LogP contribution >= 0.6 is 11.6 Å². The number of ketones is 1. The van der Waals surface area contributed by atoms with Crippen molar-refractivity contribution < 1.29 is 14.6 Å². The van der Waals surface area contributed by atoms with Crippen molar-refractivity contribution >= 4 is 23.5 Å². The van der Waals surface area contributed by atoms with Gasteiger partial charge in [0.15, 0.2) is 5.78 Å². The summed E-state index contributed by atoms with van der Waals surface area (Å²) in [7, 11) is 0. The standard InChI is InChI=1S/C13H11ClO3/c1-8(15)10-4-5-12-11(13(10)16)3-2-9(6-14)7-17-12/h2-6,16H,7H2,1H3/b9-6+. The fraction of sp³-hybridized carbons (Fsp3) is 0.154. The highest BCUT2D eigenvalue weighted by molar-refractivity contribution is 6.25. The molecule has 0 bridgehead atoms. The van der Waals surface area contributed by atoms with Crippen molar-refractivity contribution in [1.29, 1.82) is 0 Å². The quantitative estimate of drug-likeness (QED) is 0.779. The first-order chi connectivity index (χ1) is 8.13. The molecule has 17 heavy (non-hydrogen) atoms. The van der Waals surface area contributed by atoms with Gasteiger partial charge in [0.25, 0.3) is 0 Å². The van der Waals surface area contributed by atoms with Crippen LogP contribution < -0.4 is 4.74 Å². The van der Waals surface area contributed by atoms with E-state index in [-0.39, 0.29) is 17.1 Å². The number of phenolic OH excluding ortho intramolecular Hbond substituents is 1. The second-order valence-electron chi connectivity index (χ2n) is 3.74. The molecule has 1 aliphatic rings. The predicted octanol–water partition coefficient (Wildman–Crippen LogP) is 3.12. The molecule has 0 radical (unpaired) electrons. The third kappa shape index (κ3) is 2.19. The van der Waals surface area contributed by atoms with Gasteiger partial charge in [0, 0.05) is 11.1 Å². The van der Waals surface area contributed by atoms with E-state index in [1.807, 2.05) is 0 Å². The Morgan fingerprint density at radius 2 is 2.24 bits per heavy atom. The Labute approximate surface area is 104 Å². The van der Waals surface area contributed by atoms with Gasteiger partial charge in [-0.2, -0.15) is 0 Å². The smallest absolute Gasteiger partial charge is 0.163 e. The summed E-state index contributed by atoms with van der Waals surface area (Å²) in [4.78, 5) is 11.3. The number of halogens is 1. The lowest BCUT2D eigenvalue weighted by Gasteiger charge is -2.10. The van der Waals surface area contributed by atoms with E-state index >= 15 is 0 Å². The van der Waals surface area contributed by atoms with Crippen LogP contribution in [0.25, 0.3) is 6.08 Å². The number of rotatable bonds is 1. The second-order valence-corrected chi connectivity index (χ2v) is 3.95. The summed E-state index contributed by atoms with van der Waals surface area (Å²) in [5.41, 5.74) is 3.01. The zero-order valence-electron chi connectivity index (χ0n) is 9.24. The fourth-order valence-corrected chi connectivity index (χ4v) is 1.76. The van der Waals surface area contributed by atoms with Crippen molar-refractivity contribution in [3.63, 3.8) is 0 Å². The maximum atomic E-state index is 11.3. The molecule has 0 aromatic heterocycles. The molecule has 0 saturated carbocycles. The predicted molar refractivity (Wildman–Crippen MR) is 66.6 cm³/mol. The van der Waals surface area contributed by atoms with Crippen molar-refractivity contribution in [3.8, 4) is 11.5 Å². The first-order valence-electron chi connectivity index (χ1n) is 5.10. The molecule has 0 fully saturated rings. The molecule has 4 heteroatoms. The van der Waals surface area contributed by atoms with Crippen molar-refractivity contribution in [2.45, 2.75) is 6.92 Å². The van der Waals surface area contributed by atoms with Gasteiger partial charge in [0.05, 0.1) is 11.1 Å². The van der Waals surface area contributed by atoms with Crippen molar-refractivity contribution in [2.75, 3.05) is 6.61 Å². The van der Waals surface area contributed by atoms with Crippen LogP contribution in [0.4, 0.5) is 0 Å². The third-order valence-corrected chi connectivity index (χ3v) is 2.84. The molecule has 1 aliphatic heterocycles. The Morgan fingerprint density at radius 3 is 2.88 bits per heavy atom. The number of phenols is 1. The maximum Gasteiger partial charge on any atom is 0.163 e. The zero-order valence-corrected chi connectivity index (χ0v) is 9.99. The third-order valence-electron chi connectivity index (χ3n) is 2.55. The zero-order chi connectivity index (χ0) is 12.4. The van der Waals surface area contributed by atoms with Crippen LogP contribution in [0.5, 0.6) is 11.5 Å². The highest BCUT2D eigenvalue weighted by Gasteiger charge is 2.16. The van der Waals surface area contributed by atoms with E-state index in [0.717, 1.165) is 5.57 Å². The molecule has 0 amide bonds. The number of Topliss-reactive ketones (excluding diaryl/α,β-unsaturated/α-hetero) is 1. The number of hydrogen-bond acceptors (Lipinski definition) is 3. The van der Waals surface area contributed by atoms with E-state index in [2.05, 4.69) is 0 Å². The second kappa shape index (κ2) is 4.63. The van der Waals surface area contributed by atoms with Gasteiger partial charge >= 0.3 is 0 Å². The molecule has 0 saturated heterocycles. The van der Waals surface area contributed by atoms with E-state index in [0.29, 0.717) is 17.9 Å². The maximum absolute atomic E-state index is 11.3. The number of carbonyl (C=O) groups excluding carboxylic acids is 1. The first kappa shape index (κ1) is 11.7. The molecular formula is C13H11ClO3. The highest BCUT2D eigenvalue weighted by atomic mass is 35.5. The van der Waals surface area contributed by atoms with Crippen LogP contribution in [-0.2, 0) is 0 Å². The number of ether oxygens (including phenoxy) is 1. The van der Waals surface area contributed by atoms with Crippen LogP contribution in [0, 0.1) is 0 Å². The van der Waals surface area contributed by atoms with Crippen LogP contribution in [-0.4, -0.2) is 17.5 Å². The molecule has 1 aromatic carbocycles. The van der Waals surface area contributed by atoms with Gasteiger partial charge in [-0.25, -0.2) is 0 Å². The summed E-state index contributed by atoms with van der Waals surface area (Å²) < 4.78 is 5.48. The van der Waals surface area contributed by atoms with Gasteiger partial charge in [-0.1, -0.05) is 17.7 Å². The topological polar surface area (TPSA) is 46.5 Å². The Morgan fingerprint density at radius 1 is 1.47 bits per heavy atom. The normalized spacial score (nSPS) is 16.2. The molecule has 88 valence electrons. The molecule has 0 aliphatic carbocycles. The molecule has 3 nitrogen and oxygen atoms in total. The van der Waals surface area contributed by atoms with Crippen LogP contribution in [0.2, 0.25) is 0 Å². The van der Waals surface area contributed by atoms with Crippen molar-refractivity contribution in [2.24, 2.45) is 0 Å². The van der Waals surface area contributed by atoms with E-state index in [1.165, 1.54) is 12.5 Å². The van der Waals surface area contributed by atoms with E-state index in [9.17, 15) is 9.90 Å². The molecule has 2 rings (SSSR count). The summed E-state index contributed by atoms with van der Waals surface area (Å²) in [6.07, 6.45) is 3.45. The minimum Gasteiger partial charge on any atom is -0.506 e. The van der Waals surface area contributed by atoms with E-state index in [1.54, 1.807) is 24.3 Å². The summed E-state index contributed by atoms with van der Waals surface area (Å²) in [5.74, 6) is 0.301. The largest absolute Gasteiger partial charge is 0.506 e. The molecule has 0 unspecified atom stereocenters. The van der Waals surface area contributed by atoms with Crippen LogP contribution in [0.3, 0.4) is 0 Å².